The summed E-state index contributed by atoms with van der Waals surface area (Å²) in [6.07, 6.45) is 0.897. The summed E-state index contributed by atoms with van der Waals surface area (Å²) in [7, 11) is 1.58. The smallest absolute Gasteiger partial charge is 0.268 e. The summed E-state index contributed by atoms with van der Waals surface area (Å²) >= 11 is 0. The zero-order valence-electron chi connectivity index (χ0n) is 14.0. The summed E-state index contributed by atoms with van der Waals surface area (Å²) in [5, 5.41) is 0. The van der Waals surface area contributed by atoms with Gasteiger partial charge >= 0.3 is 0 Å². The average molecular weight is 340 g/mol. The Morgan fingerprint density at radius 3 is 2.56 bits per heavy atom. The predicted octanol–water partition coefficient (Wildman–Crippen LogP) is 2.37. The van der Waals surface area contributed by atoms with E-state index < -0.39 is 12.0 Å². The number of carbonyl (C=O) groups is 2. The molecule has 0 aliphatic carbocycles. The lowest BCUT2D eigenvalue weighted by molar-refractivity contribution is -0.127. The molecule has 2 aromatic carbocycles. The number of rotatable bonds is 5. The van der Waals surface area contributed by atoms with Gasteiger partial charge in [-0.2, -0.15) is 0 Å². The molecule has 2 N–H and O–H groups in total. The fourth-order valence-corrected chi connectivity index (χ4v) is 2.91. The average Bonchev–Trinajstić information content (AvgIpc) is 2.64. The number of nitrogens with two attached hydrogens (primary N) is 1. The molecule has 1 aliphatic rings. The standard InChI is InChI=1S/C19H20N2O4/c1-24-16-6-3-2-5-15(16)21-12-4-7-17(19(21)23)25-14-10-8-13(9-11-14)18(20)22/h2-3,5-6,8-11,17H,4,7,12H2,1H3,(H2,20,22)/t17-/m1/s1. The van der Waals surface area contributed by atoms with Crippen molar-refractivity contribution in [2.24, 2.45) is 5.73 Å². The Balaban J connectivity index is 1.77. The maximum atomic E-state index is 12.8. The Labute approximate surface area is 146 Å². The van der Waals surface area contributed by atoms with Gasteiger partial charge in [-0.3, -0.25) is 9.59 Å². The van der Waals surface area contributed by atoms with E-state index in [1.807, 2.05) is 24.3 Å². The molecule has 25 heavy (non-hydrogen) atoms. The molecule has 1 atom stereocenters. The number of primary amides is 1. The van der Waals surface area contributed by atoms with Crippen molar-refractivity contribution in [2.45, 2.75) is 18.9 Å². The largest absolute Gasteiger partial charge is 0.495 e. The third-order valence-corrected chi connectivity index (χ3v) is 4.18. The van der Waals surface area contributed by atoms with E-state index in [9.17, 15) is 9.59 Å². The minimum absolute atomic E-state index is 0.102. The summed E-state index contributed by atoms with van der Waals surface area (Å²) in [5.41, 5.74) is 6.37. The highest BCUT2D eigenvalue weighted by Crippen LogP contribution is 2.31. The van der Waals surface area contributed by atoms with E-state index in [0.717, 1.165) is 12.1 Å². The first-order valence-electron chi connectivity index (χ1n) is 8.11. The zero-order valence-corrected chi connectivity index (χ0v) is 14.0. The Hall–Kier alpha value is -3.02. The SMILES string of the molecule is COc1ccccc1N1CCC[C@@H](Oc2ccc(C(N)=O)cc2)C1=O. The Kier molecular flexibility index (Phi) is 4.88. The molecule has 1 heterocycles. The summed E-state index contributed by atoms with van der Waals surface area (Å²) in [5.74, 6) is 0.588. The highest BCUT2D eigenvalue weighted by molar-refractivity contribution is 5.98. The molecule has 1 fully saturated rings. The number of ether oxygens (including phenoxy) is 2. The minimum Gasteiger partial charge on any atom is -0.495 e. The van der Waals surface area contributed by atoms with Gasteiger partial charge in [-0.15, -0.1) is 0 Å². The molecule has 0 aromatic heterocycles. The quantitative estimate of drug-likeness (QED) is 0.906. The number of benzene rings is 2. The van der Waals surface area contributed by atoms with Gasteiger partial charge < -0.3 is 20.1 Å². The van der Waals surface area contributed by atoms with E-state index in [1.54, 1.807) is 36.3 Å². The normalized spacial score (nSPS) is 17.2. The number of hydrogen-bond acceptors (Lipinski definition) is 4. The van der Waals surface area contributed by atoms with Crippen LogP contribution in [0.1, 0.15) is 23.2 Å². The molecular formula is C19H20N2O4. The van der Waals surface area contributed by atoms with Gasteiger partial charge in [0.1, 0.15) is 11.5 Å². The molecule has 2 amide bonds. The monoisotopic (exact) mass is 340 g/mol. The van der Waals surface area contributed by atoms with Crippen molar-refractivity contribution in [3.8, 4) is 11.5 Å². The van der Waals surface area contributed by atoms with E-state index >= 15 is 0 Å². The molecule has 6 heteroatoms. The second kappa shape index (κ2) is 7.25. The van der Waals surface area contributed by atoms with Crippen LogP contribution in [0.2, 0.25) is 0 Å². The molecule has 1 saturated heterocycles. The number of anilines is 1. The molecular weight excluding hydrogens is 320 g/mol. The number of carbonyl (C=O) groups excluding carboxylic acids is 2. The lowest BCUT2D eigenvalue weighted by Gasteiger charge is -2.33. The van der Waals surface area contributed by atoms with Crippen LogP contribution in [0, 0.1) is 0 Å². The topological polar surface area (TPSA) is 81.9 Å². The van der Waals surface area contributed by atoms with Crippen molar-refractivity contribution in [3.63, 3.8) is 0 Å². The summed E-state index contributed by atoms with van der Waals surface area (Å²) in [6.45, 7) is 0.625. The highest BCUT2D eigenvalue weighted by atomic mass is 16.5. The fraction of sp³-hybridized carbons (Fsp3) is 0.263. The maximum Gasteiger partial charge on any atom is 0.268 e. The molecule has 6 nitrogen and oxygen atoms in total. The van der Waals surface area contributed by atoms with Crippen LogP contribution in [0.3, 0.4) is 0 Å². The van der Waals surface area contributed by atoms with Crippen molar-refractivity contribution in [3.05, 3.63) is 54.1 Å². The van der Waals surface area contributed by atoms with Gasteiger partial charge in [0, 0.05) is 12.1 Å². The van der Waals surface area contributed by atoms with Crippen LogP contribution in [-0.2, 0) is 4.79 Å². The molecule has 0 radical (unpaired) electrons. The van der Waals surface area contributed by atoms with E-state index in [4.69, 9.17) is 15.2 Å². The molecule has 0 bridgehead atoms. The summed E-state index contributed by atoms with van der Waals surface area (Å²) < 4.78 is 11.2. The molecule has 130 valence electrons. The Morgan fingerprint density at radius 1 is 1.16 bits per heavy atom. The molecule has 1 aliphatic heterocycles. The van der Waals surface area contributed by atoms with Crippen molar-refractivity contribution in [1.82, 2.24) is 0 Å². The molecule has 0 saturated carbocycles. The van der Waals surface area contributed by atoms with Gasteiger partial charge in [-0.25, -0.2) is 0 Å². The lowest BCUT2D eigenvalue weighted by Crippen LogP contribution is -2.47. The second-order valence-corrected chi connectivity index (χ2v) is 5.80. The highest BCUT2D eigenvalue weighted by Gasteiger charge is 2.32. The Bertz CT molecular complexity index is 773. The van der Waals surface area contributed by atoms with E-state index in [2.05, 4.69) is 0 Å². The van der Waals surface area contributed by atoms with E-state index in [-0.39, 0.29) is 5.91 Å². The molecule has 0 unspecified atom stereocenters. The van der Waals surface area contributed by atoms with Crippen LogP contribution in [0.25, 0.3) is 0 Å². The van der Waals surface area contributed by atoms with E-state index in [1.165, 1.54) is 0 Å². The first kappa shape index (κ1) is 16.8. The van der Waals surface area contributed by atoms with Crippen molar-refractivity contribution < 1.29 is 19.1 Å². The maximum absolute atomic E-state index is 12.8. The van der Waals surface area contributed by atoms with Crippen LogP contribution < -0.4 is 20.1 Å². The third-order valence-electron chi connectivity index (χ3n) is 4.18. The third kappa shape index (κ3) is 3.57. The fourth-order valence-electron chi connectivity index (χ4n) is 2.91. The number of nitrogens with zero attached hydrogens (tertiary/aromatic N) is 1. The van der Waals surface area contributed by atoms with Crippen LogP contribution in [0.5, 0.6) is 11.5 Å². The zero-order chi connectivity index (χ0) is 17.8. The number of piperidine rings is 1. The number of methoxy groups -OCH3 is 1. The summed E-state index contributed by atoms with van der Waals surface area (Å²) in [6, 6.07) is 13.9. The Morgan fingerprint density at radius 2 is 1.88 bits per heavy atom. The molecule has 2 aromatic rings. The number of amides is 2. The van der Waals surface area contributed by atoms with E-state index in [0.29, 0.717) is 30.0 Å². The van der Waals surface area contributed by atoms with Crippen LogP contribution >= 0.6 is 0 Å². The first-order valence-corrected chi connectivity index (χ1v) is 8.11. The number of hydrogen-bond donors (Lipinski definition) is 1. The van der Waals surface area contributed by atoms with Crippen molar-refractivity contribution in [2.75, 3.05) is 18.6 Å². The second-order valence-electron chi connectivity index (χ2n) is 5.80. The summed E-state index contributed by atoms with van der Waals surface area (Å²) in [4.78, 5) is 25.7. The van der Waals surface area contributed by atoms with Crippen LogP contribution in [0.15, 0.2) is 48.5 Å². The van der Waals surface area contributed by atoms with Gasteiger partial charge in [0.15, 0.2) is 6.10 Å². The molecule has 0 spiro atoms. The van der Waals surface area contributed by atoms with Gasteiger partial charge in [0.2, 0.25) is 5.91 Å². The lowest BCUT2D eigenvalue weighted by atomic mass is 10.1. The van der Waals surface area contributed by atoms with Gasteiger partial charge in [0.25, 0.3) is 5.91 Å². The molecule has 3 rings (SSSR count). The van der Waals surface area contributed by atoms with Crippen molar-refractivity contribution in [1.29, 1.82) is 0 Å². The van der Waals surface area contributed by atoms with Crippen LogP contribution in [0.4, 0.5) is 5.69 Å². The predicted molar refractivity (Wildman–Crippen MR) is 94.0 cm³/mol. The van der Waals surface area contributed by atoms with Gasteiger partial charge in [-0.1, -0.05) is 12.1 Å². The van der Waals surface area contributed by atoms with Gasteiger partial charge in [0.05, 0.1) is 12.8 Å². The number of para-hydroxylation sites is 2. The minimum atomic E-state index is -0.571. The first-order chi connectivity index (χ1) is 12.1. The van der Waals surface area contributed by atoms with Gasteiger partial charge in [-0.05, 0) is 49.2 Å². The van der Waals surface area contributed by atoms with Crippen molar-refractivity contribution >= 4 is 17.5 Å². The van der Waals surface area contributed by atoms with Crippen LogP contribution in [-0.4, -0.2) is 31.6 Å².